The van der Waals surface area contributed by atoms with Crippen molar-refractivity contribution in [1.82, 2.24) is 5.43 Å². The van der Waals surface area contributed by atoms with Crippen molar-refractivity contribution in [3.8, 4) is 5.75 Å². The van der Waals surface area contributed by atoms with Crippen LogP contribution >= 0.6 is 11.6 Å². The van der Waals surface area contributed by atoms with Crippen molar-refractivity contribution < 1.29 is 22.7 Å². The molecule has 36 heavy (non-hydrogen) atoms. The Bertz CT molecular complexity index is 1410. The first-order chi connectivity index (χ1) is 17.4. The van der Waals surface area contributed by atoms with Crippen molar-refractivity contribution in [3.05, 3.63) is 94.2 Å². The topological polar surface area (TPSA) is 128 Å². The average Bonchev–Trinajstić information content (AvgIpc) is 3.32. The normalized spacial score (nSPS) is 11.0. The van der Waals surface area contributed by atoms with E-state index in [1.807, 2.05) is 13.8 Å². The van der Waals surface area contributed by atoms with Crippen LogP contribution in [0.5, 0.6) is 5.75 Å². The Labute approximate surface area is 210 Å². The molecule has 0 saturated heterocycles. The Kier molecular flexibility index (Phi) is 8.82. The molecule has 0 radical (unpaired) electrons. The Balaban J connectivity index is 0.00000176. The number of rotatable bonds is 6. The van der Waals surface area contributed by atoms with Crippen molar-refractivity contribution in [3.63, 3.8) is 0 Å². The van der Waals surface area contributed by atoms with Crippen LogP contribution in [-0.2, 0) is 6.61 Å². The van der Waals surface area contributed by atoms with E-state index in [-0.39, 0.29) is 34.5 Å². The van der Waals surface area contributed by atoms with Crippen LogP contribution in [0.2, 0.25) is 5.02 Å². The highest BCUT2D eigenvalue weighted by molar-refractivity contribution is 6.31. The molecule has 0 unspecified atom stereocenters. The number of anilines is 1. The number of fused-ring (bicyclic) bond motifs is 1. The van der Waals surface area contributed by atoms with Gasteiger partial charge in [0.15, 0.2) is 17.4 Å². The summed E-state index contributed by atoms with van der Waals surface area (Å²) in [5.74, 6) is 9.16. The van der Waals surface area contributed by atoms with E-state index in [2.05, 4.69) is 15.8 Å². The second-order valence-electron chi connectivity index (χ2n) is 7.08. The molecule has 1 aromatic heterocycles. The van der Waals surface area contributed by atoms with E-state index in [1.54, 1.807) is 18.2 Å². The third-order valence-electron chi connectivity index (χ3n) is 4.95. The van der Waals surface area contributed by atoms with Gasteiger partial charge in [-0.15, -0.1) is 0 Å². The lowest BCUT2D eigenvalue weighted by Crippen LogP contribution is -2.32. The summed E-state index contributed by atoms with van der Waals surface area (Å²) < 4.78 is 38.7. The number of para-hydroxylation sites is 1. The van der Waals surface area contributed by atoms with E-state index in [0.29, 0.717) is 22.1 Å². The number of hydrazone groups is 1. The van der Waals surface area contributed by atoms with Crippen molar-refractivity contribution in [1.29, 1.82) is 0 Å². The monoisotopic (exact) mass is 515 g/mol. The van der Waals surface area contributed by atoms with Gasteiger partial charge in [0.05, 0.1) is 16.1 Å². The van der Waals surface area contributed by atoms with Crippen LogP contribution in [0.3, 0.4) is 0 Å². The van der Waals surface area contributed by atoms with Gasteiger partial charge in [0.1, 0.15) is 24.3 Å². The summed E-state index contributed by atoms with van der Waals surface area (Å²) >= 11 is 5.96. The van der Waals surface area contributed by atoms with Gasteiger partial charge in [0.2, 0.25) is 0 Å². The first-order valence-electron chi connectivity index (χ1n) is 10.8. The first-order valence-corrected chi connectivity index (χ1v) is 11.2. The molecule has 8 nitrogen and oxygen atoms in total. The second-order valence-corrected chi connectivity index (χ2v) is 7.48. The van der Waals surface area contributed by atoms with Crippen molar-refractivity contribution >= 4 is 40.0 Å². The Morgan fingerprint density at radius 1 is 1.11 bits per heavy atom. The largest absolute Gasteiger partial charge is 0.486 e. The highest BCUT2D eigenvalue weighted by Crippen LogP contribution is 2.27. The summed E-state index contributed by atoms with van der Waals surface area (Å²) in [6, 6.07) is 12.8. The van der Waals surface area contributed by atoms with Gasteiger partial charge in [0.25, 0.3) is 5.91 Å². The zero-order valence-electron chi connectivity index (χ0n) is 19.4. The van der Waals surface area contributed by atoms with Gasteiger partial charge < -0.3 is 25.7 Å². The van der Waals surface area contributed by atoms with Crippen molar-refractivity contribution in [2.75, 3.05) is 5.32 Å². The third-order valence-corrected chi connectivity index (χ3v) is 5.31. The molecule has 0 saturated carbocycles. The van der Waals surface area contributed by atoms with Crippen LogP contribution in [0.1, 0.15) is 35.3 Å². The van der Waals surface area contributed by atoms with E-state index in [1.165, 1.54) is 30.5 Å². The standard InChI is InChI=1S/C23H18ClF2N5O3.C2H6/c24-18-8-13(25)5-4-12(18)10-33-20-7-6-14(9-19(20)26)29-23(32)17-11-34-21-15(17)2-1-3-16(21)22(30-27)31-28;1-2/h1-9,11H,10,27-28H2,(H,29,32)(H,30,31);1-2H3. The van der Waals surface area contributed by atoms with Crippen LogP contribution in [0.4, 0.5) is 14.5 Å². The zero-order valence-corrected chi connectivity index (χ0v) is 20.2. The Hall–Kier alpha value is -4.15. The quantitative estimate of drug-likeness (QED) is 0.119. The molecule has 0 bridgehead atoms. The molecule has 0 aliphatic heterocycles. The molecule has 188 valence electrons. The summed E-state index contributed by atoms with van der Waals surface area (Å²) in [6.07, 6.45) is 1.27. The van der Waals surface area contributed by atoms with Gasteiger partial charge in [0, 0.05) is 22.7 Å². The minimum Gasteiger partial charge on any atom is -0.486 e. The maximum Gasteiger partial charge on any atom is 0.259 e. The maximum atomic E-state index is 14.6. The fourth-order valence-electron chi connectivity index (χ4n) is 3.29. The SMILES string of the molecule is CC.N/N=C(\NN)c1cccc2c(C(=O)Nc3ccc(OCc4ccc(F)cc4Cl)c(F)c3)coc12. The number of nitrogens with one attached hydrogen (secondary N) is 2. The van der Waals surface area contributed by atoms with Crippen LogP contribution in [0.15, 0.2) is 70.4 Å². The molecule has 0 aliphatic rings. The fraction of sp³-hybridized carbons (Fsp3) is 0.120. The number of carbonyl (C=O) groups excluding carboxylic acids is 1. The molecule has 4 aromatic rings. The van der Waals surface area contributed by atoms with Crippen LogP contribution < -0.4 is 27.2 Å². The number of ether oxygens (including phenoxy) is 1. The number of furan rings is 1. The number of nitrogens with two attached hydrogens (primary N) is 2. The van der Waals surface area contributed by atoms with Gasteiger partial charge in [-0.3, -0.25) is 4.79 Å². The van der Waals surface area contributed by atoms with E-state index in [9.17, 15) is 13.6 Å². The van der Waals surface area contributed by atoms with Crippen LogP contribution in [-0.4, -0.2) is 11.7 Å². The number of hydrogen-bond donors (Lipinski definition) is 4. The minimum absolute atomic E-state index is 0.0559. The number of hydrazine groups is 1. The first kappa shape index (κ1) is 26.5. The highest BCUT2D eigenvalue weighted by Gasteiger charge is 2.19. The van der Waals surface area contributed by atoms with E-state index < -0.39 is 17.5 Å². The lowest BCUT2D eigenvalue weighted by molar-refractivity contribution is 0.102. The summed E-state index contributed by atoms with van der Waals surface area (Å²) in [4.78, 5) is 12.8. The van der Waals surface area contributed by atoms with E-state index in [4.69, 9.17) is 32.4 Å². The fourth-order valence-corrected chi connectivity index (χ4v) is 3.51. The Morgan fingerprint density at radius 2 is 1.89 bits per heavy atom. The molecule has 11 heteroatoms. The number of amidine groups is 1. The summed E-state index contributed by atoms with van der Waals surface area (Å²) in [5, 5.41) is 6.83. The average molecular weight is 516 g/mol. The molecule has 1 heterocycles. The summed E-state index contributed by atoms with van der Waals surface area (Å²) in [5.41, 5.74) is 4.10. The Morgan fingerprint density at radius 3 is 2.56 bits per heavy atom. The lowest BCUT2D eigenvalue weighted by atomic mass is 10.1. The summed E-state index contributed by atoms with van der Waals surface area (Å²) in [6.45, 7) is 3.94. The molecule has 0 atom stereocenters. The number of hydrogen-bond acceptors (Lipinski definition) is 6. The predicted molar refractivity (Wildman–Crippen MR) is 136 cm³/mol. The number of benzene rings is 3. The lowest BCUT2D eigenvalue weighted by Gasteiger charge is -2.10. The molecule has 0 fully saturated rings. The van der Waals surface area contributed by atoms with E-state index >= 15 is 0 Å². The predicted octanol–water partition coefficient (Wildman–Crippen LogP) is 5.31. The number of halogens is 3. The minimum atomic E-state index is -0.701. The van der Waals surface area contributed by atoms with Gasteiger partial charge in [-0.2, -0.15) is 5.10 Å². The smallest absolute Gasteiger partial charge is 0.259 e. The second kappa shape index (κ2) is 12.0. The molecular weight excluding hydrogens is 492 g/mol. The van der Waals surface area contributed by atoms with Gasteiger partial charge in [-0.05, 0) is 30.3 Å². The maximum absolute atomic E-state index is 14.6. The molecule has 3 aromatic carbocycles. The molecule has 0 aliphatic carbocycles. The van der Waals surface area contributed by atoms with Gasteiger partial charge >= 0.3 is 0 Å². The third kappa shape index (κ3) is 5.73. The number of carbonyl (C=O) groups is 1. The van der Waals surface area contributed by atoms with Crippen molar-refractivity contribution in [2.45, 2.75) is 20.5 Å². The molecule has 0 spiro atoms. The summed E-state index contributed by atoms with van der Waals surface area (Å²) in [7, 11) is 0. The van der Waals surface area contributed by atoms with Gasteiger partial charge in [-0.25, -0.2) is 14.6 Å². The highest BCUT2D eigenvalue weighted by atomic mass is 35.5. The van der Waals surface area contributed by atoms with Crippen LogP contribution in [0.25, 0.3) is 11.0 Å². The number of nitrogens with zero attached hydrogens (tertiary/aromatic N) is 1. The molecular formula is C25H24ClF2N5O3. The van der Waals surface area contributed by atoms with Gasteiger partial charge in [-0.1, -0.05) is 43.6 Å². The molecule has 6 N–H and O–H groups in total. The molecule has 4 rings (SSSR count). The number of amides is 1. The van der Waals surface area contributed by atoms with Crippen LogP contribution in [0, 0.1) is 11.6 Å². The zero-order chi connectivity index (χ0) is 26.2. The van der Waals surface area contributed by atoms with Crippen molar-refractivity contribution in [2.24, 2.45) is 16.8 Å². The molecule has 1 amide bonds. The van der Waals surface area contributed by atoms with E-state index in [0.717, 1.165) is 12.1 Å².